The maximum atomic E-state index is 12.9. The molecule has 0 unspecified atom stereocenters. The number of hydrogen-bond acceptors (Lipinski definition) is 2. The lowest BCUT2D eigenvalue weighted by Gasteiger charge is -2.35. The molecule has 102 valence electrons. The van der Waals surface area contributed by atoms with E-state index in [-0.39, 0.29) is 5.91 Å². The molecule has 2 saturated carbocycles. The van der Waals surface area contributed by atoms with Crippen LogP contribution in [-0.4, -0.2) is 28.4 Å². The lowest BCUT2D eigenvalue weighted by Crippen LogP contribution is -2.51. The summed E-state index contributed by atoms with van der Waals surface area (Å²) in [6, 6.07) is 0.456. The van der Waals surface area contributed by atoms with Crippen LogP contribution < -0.4 is 5.73 Å². The molecule has 0 aromatic carbocycles. The van der Waals surface area contributed by atoms with Gasteiger partial charge in [-0.1, -0.05) is 37.9 Å². The molecule has 2 fully saturated rings. The smallest absolute Gasteiger partial charge is 0.235 e. The van der Waals surface area contributed by atoms with Crippen molar-refractivity contribution in [3.05, 3.63) is 0 Å². The average Bonchev–Trinajstić information content (AvgIpc) is 3.16. The maximum absolute atomic E-state index is 12.9. The Morgan fingerprint density at radius 3 is 2.22 bits per heavy atom. The Bertz CT molecular complexity index is 331. The van der Waals surface area contributed by atoms with E-state index in [1.807, 2.05) is 4.90 Å². The van der Waals surface area contributed by atoms with E-state index in [0.717, 1.165) is 45.1 Å². The Balaban J connectivity index is 2.21. The van der Waals surface area contributed by atoms with Crippen LogP contribution >= 0.6 is 12.2 Å². The highest BCUT2D eigenvalue weighted by Crippen LogP contribution is 2.40. The van der Waals surface area contributed by atoms with Gasteiger partial charge in [-0.25, -0.2) is 0 Å². The molecule has 1 amide bonds. The summed E-state index contributed by atoms with van der Waals surface area (Å²) >= 11 is 5.27. The van der Waals surface area contributed by atoms with E-state index in [4.69, 9.17) is 18.0 Å². The molecule has 0 aromatic rings. The van der Waals surface area contributed by atoms with Crippen LogP contribution in [0.25, 0.3) is 0 Å². The van der Waals surface area contributed by atoms with E-state index in [1.165, 1.54) is 12.8 Å². The summed E-state index contributed by atoms with van der Waals surface area (Å²) in [6.07, 6.45) is 8.55. The summed E-state index contributed by atoms with van der Waals surface area (Å²) < 4.78 is 0. The van der Waals surface area contributed by atoms with Crippen LogP contribution in [0.2, 0.25) is 0 Å². The second-order valence-electron chi connectivity index (χ2n) is 5.68. The Kier molecular flexibility index (Phi) is 4.25. The fourth-order valence-corrected chi connectivity index (χ4v) is 3.42. The topological polar surface area (TPSA) is 46.3 Å². The second kappa shape index (κ2) is 5.55. The third-order valence-electron chi connectivity index (χ3n) is 4.43. The monoisotopic (exact) mass is 268 g/mol. The van der Waals surface area contributed by atoms with Crippen molar-refractivity contribution in [2.24, 2.45) is 11.1 Å². The SMILES string of the molecule is CCN(C(=O)C1(C(N)=S)CCCCCC1)C1CC1. The lowest BCUT2D eigenvalue weighted by atomic mass is 9.78. The van der Waals surface area contributed by atoms with Crippen molar-refractivity contribution in [1.29, 1.82) is 0 Å². The first kappa shape index (κ1) is 13.8. The van der Waals surface area contributed by atoms with Crippen molar-refractivity contribution in [3.63, 3.8) is 0 Å². The molecule has 0 aromatic heterocycles. The van der Waals surface area contributed by atoms with E-state index < -0.39 is 5.41 Å². The van der Waals surface area contributed by atoms with Gasteiger partial charge in [-0.05, 0) is 32.6 Å². The molecule has 0 saturated heterocycles. The molecule has 0 aliphatic heterocycles. The van der Waals surface area contributed by atoms with Crippen molar-refractivity contribution in [2.45, 2.75) is 64.3 Å². The molecule has 18 heavy (non-hydrogen) atoms. The highest BCUT2D eigenvalue weighted by molar-refractivity contribution is 7.80. The fourth-order valence-electron chi connectivity index (χ4n) is 3.13. The molecular formula is C14H24N2OS. The minimum absolute atomic E-state index is 0.210. The van der Waals surface area contributed by atoms with Gasteiger partial charge in [0.05, 0.1) is 10.4 Å². The van der Waals surface area contributed by atoms with Crippen LogP contribution in [0.1, 0.15) is 58.3 Å². The quantitative estimate of drug-likeness (QED) is 0.630. The first-order valence-corrected chi connectivity index (χ1v) is 7.63. The zero-order valence-corrected chi connectivity index (χ0v) is 12.1. The van der Waals surface area contributed by atoms with Crippen LogP contribution in [0.15, 0.2) is 0 Å². The van der Waals surface area contributed by atoms with Crippen molar-refractivity contribution in [2.75, 3.05) is 6.54 Å². The number of thiocarbonyl (C=S) groups is 1. The summed E-state index contributed by atoms with van der Waals surface area (Å²) in [7, 11) is 0. The van der Waals surface area contributed by atoms with E-state index in [2.05, 4.69) is 6.92 Å². The average molecular weight is 268 g/mol. The Hall–Kier alpha value is -0.640. The van der Waals surface area contributed by atoms with Crippen LogP contribution in [-0.2, 0) is 4.79 Å². The summed E-state index contributed by atoms with van der Waals surface area (Å²) in [5.41, 5.74) is 5.43. The molecule has 0 spiro atoms. The maximum Gasteiger partial charge on any atom is 0.235 e. The van der Waals surface area contributed by atoms with Crippen molar-refractivity contribution >= 4 is 23.1 Å². The standard InChI is InChI=1S/C14H24N2OS/c1-2-16(11-7-8-11)13(17)14(12(15)18)9-5-3-4-6-10-14/h11H,2-10H2,1H3,(H2,15,18). The van der Waals surface area contributed by atoms with E-state index in [1.54, 1.807) is 0 Å². The molecule has 2 aliphatic rings. The van der Waals surface area contributed by atoms with Gasteiger partial charge in [0, 0.05) is 12.6 Å². The van der Waals surface area contributed by atoms with Crippen LogP contribution in [0.3, 0.4) is 0 Å². The minimum atomic E-state index is -0.537. The fraction of sp³-hybridized carbons (Fsp3) is 0.857. The number of hydrogen-bond donors (Lipinski definition) is 1. The zero-order chi connectivity index (χ0) is 13.2. The molecule has 2 rings (SSSR count). The number of carbonyl (C=O) groups excluding carboxylic acids is 1. The van der Waals surface area contributed by atoms with E-state index in [0.29, 0.717) is 11.0 Å². The van der Waals surface area contributed by atoms with Gasteiger partial charge in [0.25, 0.3) is 0 Å². The molecule has 4 heteroatoms. The number of nitrogens with two attached hydrogens (primary N) is 1. The van der Waals surface area contributed by atoms with Gasteiger partial charge in [-0.3, -0.25) is 4.79 Å². The zero-order valence-electron chi connectivity index (χ0n) is 11.3. The Morgan fingerprint density at radius 1 is 1.28 bits per heavy atom. The van der Waals surface area contributed by atoms with Crippen LogP contribution in [0.4, 0.5) is 0 Å². The van der Waals surface area contributed by atoms with Crippen LogP contribution in [0, 0.1) is 5.41 Å². The van der Waals surface area contributed by atoms with Gasteiger partial charge in [0.2, 0.25) is 5.91 Å². The molecule has 2 aliphatic carbocycles. The van der Waals surface area contributed by atoms with Gasteiger partial charge < -0.3 is 10.6 Å². The largest absolute Gasteiger partial charge is 0.392 e. The van der Waals surface area contributed by atoms with Crippen molar-refractivity contribution < 1.29 is 4.79 Å². The molecule has 0 bridgehead atoms. The predicted octanol–water partition coefficient (Wildman–Crippen LogP) is 2.62. The summed E-state index contributed by atoms with van der Waals surface area (Å²) in [4.78, 5) is 15.3. The summed E-state index contributed by atoms with van der Waals surface area (Å²) in [5, 5.41) is 0. The molecular weight excluding hydrogens is 244 g/mol. The third-order valence-corrected chi connectivity index (χ3v) is 4.82. The van der Waals surface area contributed by atoms with E-state index >= 15 is 0 Å². The summed E-state index contributed by atoms with van der Waals surface area (Å²) in [6.45, 7) is 2.84. The van der Waals surface area contributed by atoms with Gasteiger partial charge in [-0.15, -0.1) is 0 Å². The van der Waals surface area contributed by atoms with Crippen LogP contribution in [0.5, 0.6) is 0 Å². The highest BCUT2D eigenvalue weighted by Gasteiger charge is 2.46. The third kappa shape index (κ3) is 2.53. The predicted molar refractivity (Wildman–Crippen MR) is 77.3 cm³/mol. The first-order valence-electron chi connectivity index (χ1n) is 7.23. The molecule has 0 radical (unpaired) electrons. The molecule has 2 N–H and O–H groups in total. The molecule has 0 atom stereocenters. The van der Waals surface area contributed by atoms with E-state index in [9.17, 15) is 4.79 Å². The van der Waals surface area contributed by atoms with Crippen molar-refractivity contribution in [3.8, 4) is 0 Å². The highest BCUT2D eigenvalue weighted by atomic mass is 32.1. The minimum Gasteiger partial charge on any atom is -0.392 e. The normalized spacial score (nSPS) is 23.2. The molecule has 0 heterocycles. The number of rotatable bonds is 4. The number of nitrogens with zero attached hydrogens (tertiary/aromatic N) is 1. The summed E-state index contributed by atoms with van der Waals surface area (Å²) in [5.74, 6) is 0.210. The van der Waals surface area contributed by atoms with Gasteiger partial charge in [-0.2, -0.15) is 0 Å². The second-order valence-corrected chi connectivity index (χ2v) is 6.12. The van der Waals surface area contributed by atoms with Gasteiger partial charge >= 0.3 is 0 Å². The first-order chi connectivity index (χ1) is 8.62. The lowest BCUT2D eigenvalue weighted by molar-refractivity contribution is -0.139. The number of carbonyl (C=O) groups is 1. The molecule has 3 nitrogen and oxygen atoms in total. The van der Waals surface area contributed by atoms with Gasteiger partial charge in [0.1, 0.15) is 0 Å². The number of amides is 1. The Labute approximate surface area is 115 Å². The van der Waals surface area contributed by atoms with Crippen molar-refractivity contribution in [1.82, 2.24) is 4.90 Å². The van der Waals surface area contributed by atoms with Gasteiger partial charge in [0.15, 0.2) is 0 Å². The Morgan fingerprint density at radius 2 is 1.83 bits per heavy atom.